The molecule has 0 unspecified atom stereocenters. The van der Waals surface area contributed by atoms with Crippen molar-refractivity contribution in [3.63, 3.8) is 0 Å². The second-order valence-electron chi connectivity index (χ2n) is 6.89. The molecule has 2 heterocycles. The van der Waals surface area contributed by atoms with E-state index in [1.165, 1.54) is 17.4 Å². The Morgan fingerprint density at radius 2 is 1.89 bits per heavy atom. The van der Waals surface area contributed by atoms with Gasteiger partial charge in [-0.05, 0) is 56.2 Å². The van der Waals surface area contributed by atoms with Crippen LogP contribution < -0.4 is 5.32 Å². The van der Waals surface area contributed by atoms with Crippen LogP contribution in [-0.2, 0) is 9.84 Å². The predicted octanol–water partition coefficient (Wildman–Crippen LogP) is 4.62. The number of nitrogens with one attached hydrogen (secondary N) is 1. The van der Waals surface area contributed by atoms with Gasteiger partial charge in [-0.2, -0.15) is 0 Å². The number of hydrogen-bond donors (Lipinski definition) is 1. The van der Waals surface area contributed by atoms with Crippen molar-refractivity contribution in [2.45, 2.75) is 25.7 Å². The SMILES string of the molecule is Cc1cc(C)c2c(C)c(C(=O)Nc3nc4ccc(S(C)(=O)=O)cc4s3)oc2c1. The third kappa shape index (κ3) is 3.18. The molecule has 6 nitrogen and oxygen atoms in total. The van der Waals surface area contributed by atoms with Crippen molar-refractivity contribution in [2.24, 2.45) is 0 Å². The molecular formula is C20H18N2O4S2. The van der Waals surface area contributed by atoms with E-state index in [0.29, 0.717) is 20.9 Å². The fraction of sp³-hybridized carbons (Fsp3) is 0.200. The number of rotatable bonds is 3. The zero-order valence-corrected chi connectivity index (χ0v) is 17.4. The summed E-state index contributed by atoms with van der Waals surface area (Å²) < 4.78 is 29.9. The molecule has 0 spiro atoms. The molecule has 4 rings (SSSR count). The van der Waals surface area contributed by atoms with E-state index in [0.717, 1.165) is 28.3 Å². The third-order valence-electron chi connectivity index (χ3n) is 4.59. The molecule has 28 heavy (non-hydrogen) atoms. The number of nitrogens with zero attached hydrogens (tertiary/aromatic N) is 1. The lowest BCUT2D eigenvalue weighted by molar-refractivity contribution is 0.0998. The Bertz CT molecular complexity index is 1360. The van der Waals surface area contributed by atoms with Gasteiger partial charge in [-0.25, -0.2) is 13.4 Å². The van der Waals surface area contributed by atoms with Gasteiger partial charge in [0.1, 0.15) is 5.58 Å². The standard InChI is InChI=1S/C20H18N2O4S2/c1-10-7-11(2)17-12(3)18(26-15(17)8-10)19(23)22-20-21-14-6-5-13(28(4,24)25)9-16(14)27-20/h5-9H,1-4H3,(H,21,22,23). The monoisotopic (exact) mass is 414 g/mol. The zero-order chi connectivity index (χ0) is 20.2. The van der Waals surface area contributed by atoms with Gasteiger partial charge in [0.25, 0.3) is 5.91 Å². The highest BCUT2D eigenvalue weighted by molar-refractivity contribution is 7.90. The van der Waals surface area contributed by atoms with Gasteiger partial charge in [0.15, 0.2) is 20.7 Å². The minimum absolute atomic E-state index is 0.223. The normalized spacial score (nSPS) is 12.0. The molecule has 1 amide bonds. The number of furan rings is 1. The maximum Gasteiger partial charge on any atom is 0.293 e. The number of aryl methyl sites for hydroxylation is 3. The van der Waals surface area contributed by atoms with E-state index in [9.17, 15) is 13.2 Å². The minimum Gasteiger partial charge on any atom is -0.451 e. The van der Waals surface area contributed by atoms with Crippen molar-refractivity contribution in [2.75, 3.05) is 11.6 Å². The average molecular weight is 415 g/mol. The van der Waals surface area contributed by atoms with Crippen molar-refractivity contribution in [1.82, 2.24) is 4.98 Å². The summed E-state index contributed by atoms with van der Waals surface area (Å²) in [6.07, 6.45) is 1.16. The van der Waals surface area contributed by atoms with Gasteiger partial charge in [-0.1, -0.05) is 17.4 Å². The van der Waals surface area contributed by atoms with Crippen LogP contribution in [0.3, 0.4) is 0 Å². The number of thiazole rings is 1. The van der Waals surface area contributed by atoms with Gasteiger partial charge >= 0.3 is 0 Å². The Morgan fingerprint density at radius 1 is 1.14 bits per heavy atom. The summed E-state index contributed by atoms with van der Waals surface area (Å²) in [6.45, 7) is 5.84. The van der Waals surface area contributed by atoms with E-state index < -0.39 is 9.84 Å². The first-order valence-corrected chi connectivity index (χ1v) is 11.3. The number of anilines is 1. The first-order valence-electron chi connectivity index (χ1n) is 8.56. The van der Waals surface area contributed by atoms with Gasteiger partial charge in [0.2, 0.25) is 0 Å². The van der Waals surface area contributed by atoms with Crippen LogP contribution in [0, 0.1) is 20.8 Å². The fourth-order valence-electron chi connectivity index (χ4n) is 3.35. The first-order chi connectivity index (χ1) is 13.1. The second-order valence-corrected chi connectivity index (χ2v) is 9.93. The Kier molecular flexibility index (Phi) is 4.28. The largest absolute Gasteiger partial charge is 0.451 e. The molecule has 1 N–H and O–H groups in total. The van der Waals surface area contributed by atoms with Crippen LogP contribution in [0.25, 0.3) is 21.2 Å². The minimum atomic E-state index is -3.30. The summed E-state index contributed by atoms with van der Waals surface area (Å²) in [4.78, 5) is 17.4. The smallest absolute Gasteiger partial charge is 0.293 e. The molecule has 2 aromatic heterocycles. The van der Waals surface area contributed by atoms with E-state index in [1.807, 2.05) is 26.8 Å². The number of sulfone groups is 1. The van der Waals surface area contributed by atoms with E-state index in [1.54, 1.807) is 12.1 Å². The van der Waals surface area contributed by atoms with Crippen LogP contribution in [0.15, 0.2) is 39.6 Å². The molecule has 8 heteroatoms. The Labute approximate surface area is 166 Å². The summed E-state index contributed by atoms with van der Waals surface area (Å²) in [6, 6.07) is 8.68. The van der Waals surface area contributed by atoms with E-state index in [-0.39, 0.29) is 16.6 Å². The number of carbonyl (C=O) groups excluding carboxylic acids is 1. The van der Waals surface area contributed by atoms with Crippen molar-refractivity contribution < 1.29 is 17.6 Å². The maximum atomic E-state index is 12.8. The summed E-state index contributed by atoms with van der Waals surface area (Å²) in [5, 5.41) is 4.10. The molecule has 4 aromatic rings. The van der Waals surface area contributed by atoms with Crippen molar-refractivity contribution in [3.8, 4) is 0 Å². The average Bonchev–Trinajstić information content (AvgIpc) is 3.13. The number of hydrogen-bond acceptors (Lipinski definition) is 6. The number of benzene rings is 2. The molecule has 2 aromatic carbocycles. The van der Waals surface area contributed by atoms with Crippen LogP contribution >= 0.6 is 11.3 Å². The van der Waals surface area contributed by atoms with Gasteiger partial charge < -0.3 is 4.42 Å². The lowest BCUT2D eigenvalue weighted by Crippen LogP contribution is -2.11. The highest BCUT2D eigenvalue weighted by Gasteiger charge is 2.20. The van der Waals surface area contributed by atoms with Gasteiger partial charge in [-0.3, -0.25) is 10.1 Å². The lowest BCUT2D eigenvalue weighted by Gasteiger charge is -1.99. The summed E-state index contributed by atoms with van der Waals surface area (Å²) >= 11 is 1.22. The van der Waals surface area contributed by atoms with Gasteiger partial charge in [0.05, 0.1) is 15.1 Å². The van der Waals surface area contributed by atoms with Crippen LogP contribution in [0.2, 0.25) is 0 Å². The zero-order valence-electron chi connectivity index (χ0n) is 15.8. The molecule has 144 valence electrons. The first kappa shape index (κ1) is 18.6. The fourth-order valence-corrected chi connectivity index (χ4v) is 4.97. The van der Waals surface area contributed by atoms with Crippen molar-refractivity contribution in [1.29, 1.82) is 0 Å². The number of amides is 1. The molecular weight excluding hydrogens is 396 g/mol. The number of fused-ring (bicyclic) bond motifs is 2. The Hall–Kier alpha value is -2.71. The van der Waals surface area contributed by atoms with Gasteiger partial charge in [0, 0.05) is 17.2 Å². The Morgan fingerprint density at radius 3 is 2.61 bits per heavy atom. The second kappa shape index (κ2) is 6.42. The van der Waals surface area contributed by atoms with Crippen LogP contribution in [0.1, 0.15) is 27.2 Å². The van der Waals surface area contributed by atoms with E-state index in [4.69, 9.17) is 4.42 Å². The van der Waals surface area contributed by atoms with Crippen molar-refractivity contribution >= 4 is 53.4 Å². The molecule has 0 saturated carbocycles. The molecule has 0 saturated heterocycles. The molecule has 0 bridgehead atoms. The third-order valence-corrected chi connectivity index (χ3v) is 6.63. The quantitative estimate of drug-likeness (QED) is 0.528. The summed E-state index contributed by atoms with van der Waals surface area (Å²) in [7, 11) is -3.30. The molecule has 0 atom stereocenters. The van der Waals surface area contributed by atoms with Crippen LogP contribution in [0.4, 0.5) is 5.13 Å². The Balaban J connectivity index is 1.70. The number of carbonyl (C=O) groups is 1. The van der Waals surface area contributed by atoms with Crippen LogP contribution in [0.5, 0.6) is 0 Å². The summed E-state index contributed by atoms with van der Waals surface area (Å²) in [5.41, 5.74) is 4.22. The van der Waals surface area contributed by atoms with Gasteiger partial charge in [-0.15, -0.1) is 0 Å². The molecule has 0 aliphatic carbocycles. The predicted molar refractivity (Wildman–Crippen MR) is 111 cm³/mol. The topological polar surface area (TPSA) is 89.3 Å². The van der Waals surface area contributed by atoms with E-state index >= 15 is 0 Å². The summed E-state index contributed by atoms with van der Waals surface area (Å²) in [5.74, 6) is -0.132. The number of aromatic nitrogens is 1. The lowest BCUT2D eigenvalue weighted by atomic mass is 10.0. The highest BCUT2D eigenvalue weighted by atomic mass is 32.2. The van der Waals surface area contributed by atoms with Crippen molar-refractivity contribution in [3.05, 3.63) is 52.8 Å². The molecule has 0 radical (unpaired) electrons. The highest BCUT2D eigenvalue weighted by Crippen LogP contribution is 2.32. The van der Waals surface area contributed by atoms with E-state index in [2.05, 4.69) is 16.4 Å². The molecule has 0 aliphatic heterocycles. The molecule has 0 fully saturated rings. The molecule has 0 aliphatic rings. The maximum absolute atomic E-state index is 12.8. The van der Waals surface area contributed by atoms with Crippen LogP contribution in [-0.4, -0.2) is 25.6 Å².